The number of aromatic nitrogens is 1. The molecule has 1 saturated heterocycles. The number of nitrogens with one attached hydrogen (secondary N) is 1. The summed E-state index contributed by atoms with van der Waals surface area (Å²) in [5.74, 6) is -1.41. The first-order valence-corrected chi connectivity index (χ1v) is 11.5. The van der Waals surface area contributed by atoms with Crippen molar-refractivity contribution in [3.05, 3.63) is 45.0 Å². The smallest absolute Gasteiger partial charge is 0.266 e. The van der Waals surface area contributed by atoms with Gasteiger partial charge in [0.05, 0.1) is 21.4 Å². The van der Waals surface area contributed by atoms with Crippen LogP contribution in [0.4, 0.5) is 10.2 Å². The SMILES string of the molecule is CN1C(N)=NC2(c3sc(C(=O)Nc4cccc(F)n4)cc3Cl)CCOCC2S1(=O)=O. The molecule has 160 valence electrons. The molecule has 2 atom stereocenters. The van der Waals surface area contributed by atoms with Gasteiger partial charge in [0, 0.05) is 20.1 Å². The lowest BCUT2D eigenvalue weighted by molar-refractivity contribution is 0.0545. The van der Waals surface area contributed by atoms with Crippen LogP contribution in [0.25, 0.3) is 0 Å². The zero-order chi connectivity index (χ0) is 21.7. The summed E-state index contributed by atoms with van der Waals surface area (Å²) in [4.78, 5) is 21.4. The summed E-state index contributed by atoms with van der Waals surface area (Å²) in [6, 6.07) is 5.44. The second-order valence-electron chi connectivity index (χ2n) is 6.81. The van der Waals surface area contributed by atoms with E-state index in [-0.39, 0.29) is 41.3 Å². The Morgan fingerprint density at radius 1 is 1.50 bits per heavy atom. The van der Waals surface area contributed by atoms with Gasteiger partial charge in [0.25, 0.3) is 5.91 Å². The quantitative estimate of drug-likeness (QED) is 0.654. The Kier molecular flexibility index (Phi) is 5.21. The maximum absolute atomic E-state index is 13.3. The first kappa shape index (κ1) is 21.0. The van der Waals surface area contributed by atoms with Crippen LogP contribution in [-0.2, 0) is 20.3 Å². The number of hydrogen-bond acceptors (Lipinski definition) is 8. The van der Waals surface area contributed by atoms with Gasteiger partial charge >= 0.3 is 0 Å². The number of amides is 1. The Morgan fingerprint density at radius 2 is 2.27 bits per heavy atom. The van der Waals surface area contributed by atoms with Crippen LogP contribution in [0.5, 0.6) is 0 Å². The van der Waals surface area contributed by atoms with E-state index in [1.165, 1.54) is 25.2 Å². The second-order valence-corrected chi connectivity index (χ2v) is 10.4. The molecule has 0 spiro atoms. The normalized spacial score (nSPS) is 25.4. The van der Waals surface area contributed by atoms with Crippen LogP contribution in [0.1, 0.15) is 21.0 Å². The van der Waals surface area contributed by atoms with E-state index in [2.05, 4.69) is 15.3 Å². The average molecular weight is 474 g/mol. The molecule has 4 rings (SSSR count). The van der Waals surface area contributed by atoms with E-state index < -0.39 is 32.7 Å². The monoisotopic (exact) mass is 473 g/mol. The summed E-state index contributed by atoms with van der Waals surface area (Å²) in [5, 5.41) is 1.66. The van der Waals surface area contributed by atoms with Gasteiger partial charge in [-0.15, -0.1) is 11.3 Å². The highest BCUT2D eigenvalue weighted by molar-refractivity contribution is 7.90. The van der Waals surface area contributed by atoms with Crippen LogP contribution >= 0.6 is 22.9 Å². The van der Waals surface area contributed by atoms with Gasteiger partial charge in [0.2, 0.25) is 21.9 Å². The molecule has 0 radical (unpaired) electrons. The lowest BCUT2D eigenvalue weighted by Crippen LogP contribution is -2.60. The number of pyridine rings is 1. The minimum absolute atomic E-state index is 0.0392. The molecule has 1 amide bonds. The van der Waals surface area contributed by atoms with Crippen LogP contribution in [0.15, 0.2) is 29.3 Å². The largest absolute Gasteiger partial charge is 0.380 e. The third-order valence-electron chi connectivity index (χ3n) is 5.07. The number of carbonyl (C=O) groups is 1. The molecule has 2 aliphatic rings. The fourth-order valence-electron chi connectivity index (χ4n) is 3.52. The van der Waals surface area contributed by atoms with Gasteiger partial charge in [-0.3, -0.25) is 4.79 Å². The molecular weight excluding hydrogens is 457 g/mol. The Morgan fingerprint density at radius 3 is 3.00 bits per heavy atom. The zero-order valence-corrected chi connectivity index (χ0v) is 18.0. The van der Waals surface area contributed by atoms with E-state index in [0.29, 0.717) is 4.88 Å². The fraction of sp³-hybridized carbons (Fsp3) is 0.353. The van der Waals surface area contributed by atoms with Crippen molar-refractivity contribution >= 4 is 50.6 Å². The number of thiophene rings is 1. The fourth-order valence-corrected chi connectivity index (χ4v) is 6.94. The van der Waals surface area contributed by atoms with E-state index in [1.807, 2.05) is 0 Å². The summed E-state index contributed by atoms with van der Waals surface area (Å²) >= 11 is 7.45. The summed E-state index contributed by atoms with van der Waals surface area (Å²) in [5.41, 5.74) is 4.65. The number of anilines is 1. The molecule has 9 nitrogen and oxygen atoms in total. The highest BCUT2D eigenvalue weighted by atomic mass is 35.5. The molecule has 1 fully saturated rings. The van der Waals surface area contributed by atoms with Crippen molar-refractivity contribution in [1.29, 1.82) is 0 Å². The predicted octanol–water partition coefficient (Wildman–Crippen LogP) is 1.76. The number of hydrogen-bond donors (Lipinski definition) is 2. The van der Waals surface area contributed by atoms with E-state index in [1.54, 1.807) is 0 Å². The lowest BCUT2D eigenvalue weighted by Gasteiger charge is -2.45. The van der Waals surface area contributed by atoms with E-state index in [9.17, 15) is 17.6 Å². The standard InChI is InChI=1S/C17H17ClFN5O4S2/c1-24-16(20)23-17(5-6-28-8-11(17)30(24,26)27)14-9(18)7-10(29-14)15(25)22-13-4-2-3-12(19)21-13/h2-4,7,11H,5-6,8H2,1H3,(H2,20,23)(H,21,22,25). The van der Waals surface area contributed by atoms with Crippen LogP contribution < -0.4 is 11.1 Å². The van der Waals surface area contributed by atoms with Crippen LogP contribution in [0.3, 0.4) is 0 Å². The number of nitrogens with zero attached hydrogens (tertiary/aromatic N) is 3. The van der Waals surface area contributed by atoms with Crippen molar-refractivity contribution < 1.29 is 22.3 Å². The van der Waals surface area contributed by atoms with E-state index in [0.717, 1.165) is 21.7 Å². The zero-order valence-electron chi connectivity index (χ0n) is 15.6. The summed E-state index contributed by atoms with van der Waals surface area (Å²) in [6.07, 6.45) is 0.234. The van der Waals surface area contributed by atoms with Gasteiger partial charge in [-0.05, 0) is 18.2 Å². The van der Waals surface area contributed by atoms with Gasteiger partial charge in [0.1, 0.15) is 16.6 Å². The number of sulfonamides is 1. The Labute approximate surface area is 180 Å². The summed E-state index contributed by atoms with van der Waals surface area (Å²) < 4.78 is 45.6. The van der Waals surface area contributed by atoms with Crippen molar-refractivity contribution in [2.45, 2.75) is 17.2 Å². The van der Waals surface area contributed by atoms with Gasteiger partial charge in [-0.1, -0.05) is 17.7 Å². The number of fused-ring (bicyclic) bond motifs is 1. The first-order chi connectivity index (χ1) is 14.1. The minimum atomic E-state index is -3.85. The first-order valence-electron chi connectivity index (χ1n) is 8.80. The Balaban J connectivity index is 1.75. The molecule has 2 aromatic heterocycles. The van der Waals surface area contributed by atoms with Crippen molar-refractivity contribution in [2.24, 2.45) is 10.7 Å². The highest BCUT2D eigenvalue weighted by Gasteiger charge is 2.56. The van der Waals surface area contributed by atoms with Crippen LogP contribution in [-0.4, -0.2) is 55.1 Å². The molecule has 0 saturated carbocycles. The van der Waals surface area contributed by atoms with Crippen molar-refractivity contribution in [3.8, 4) is 0 Å². The predicted molar refractivity (Wildman–Crippen MR) is 111 cm³/mol. The van der Waals surface area contributed by atoms with E-state index in [4.69, 9.17) is 22.1 Å². The third-order valence-corrected chi connectivity index (χ3v) is 8.97. The van der Waals surface area contributed by atoms with Crippen molar-refractivity contribution in [1.82, 2.24) is 9.29 Å². The molecule has 3 N–H and O–H groups in total. The van der Waals surface area contributed by atoms with Crippen LogP contribution in [0, 0.1) is 5.95 Å². The molecule has 13 heteroatoms. The highest BCUT2D eigenvalue weighted by Crippen LogP contribution is 2.48. The molecule has 0 aliphatic carbocycles. The van der Waals surface area contributed by atoms with Crippen molar-refractivity contribution in [3.63, 3.8) is 0 Å². The second kappa shape index (κ2) is 7.45. The van der Waals surface area contributed by atoms with Gasteiger partial charge in [-0.25, -0.2) is 22.7 Å². The molecule has 4 heterocycles. The number of rotatable bonds is 3. The number of guanidine groups is 1. The molecule has 30 heavy (non-hydrogen) atoms. The maximum Gasteiger partial charge on any atom is 0.266 e. The molecule has 2 unspecified atom stereocenters. The third kappa shape index (κ3) is 3.33. The Bertz CT molecular complexity index is 1150. The Hall–Kier alpha value is -2.28. The molecule has 2 aliphatic heterocycles. The van der Waals surface area contributed by atoms with Crippen LogP contribution in [0.2, 0.25) is 5.02 Å². The van der Waals surface area contributed by atoms with Gasteiger partial charge < -0.3 is 15.8 Å². The summed E-state index contributed by atoms with van der Waals surface area (Å²) in [6.45, 7) is 0.182. The molecule has 0 aromatic carbocycles. The number of carbonyl (C=O) groups excluding carboxylic acids is 1. The van der Waals surface area contributed by atoms with Gasteiger partial charge in [-0.2, -0.15) is 4.39 Å². The average Bonchev–Trinajstić information content (AvgIpc) is 3.09. The van der Waals surface area contributed by atoms with E-state index >= 15 is 0 Å². The van der Waals surface area contributed by atoms with Gasteiger partial charge in [0.15, 0.2) is 0 Å². The number of aliphatic imine (C=N–C) groups is 1. The number of halogens is 2. The lowest BCUT2D eigenvalue weighted by atomic mass is 9.88. The molecule has 0 bridgehead atoms. The molecule has 2 aromatic rings. The maximum atomic E-state index is 13.3. The number of nitrogens with two attached hydrogens (primary N) is 1. The van der Waals surface area contributed by atoms with Crippen molar-refractivity contribution in [2.75, 3.05) is 25.6 Å². The molecular formula is C17H17ClFN5O4S2. The minimum Gasteiger partial charge on any atom is -0.380 e. The summed E-state index contributed by atoms with van der Waals surface area (Å²) in [7, 11) is -2.52. The topological polar surface area (TPSA) is 127 Å². The number of ether oxygens (including phenoxy) is 1.